The number of H-pyrrole nitrogens is 1. The number of morpholine rings is 1. The number of furan rings is 1. The Morgan fingerprint density at radius 2 is 2.11 bits per heavy atom. The summed E-state index contributed by atoms with van der Waals surface area (Å²) in [5.74, 6) is -0.365. The first kappa shape index (κ1) is 29.2. The molecule has 6 rings (SSSR count). The highest BCUT2D eigenvalue weighted by molar-refractivity contribution is 5.99. The zero-order chi connectivity index (χ0) is 30.5. The lowest BCUT2D eigenvalue weighted by Gasteiger charge is -2.37. The van der Waals surface area contributed by atoms with Gasteiger partial charge in [-0.05, 0) is 48.9 Å². The summed E-state index contributed by atoms with van der Waals surface area (Å²) in [6.45, 7) is 5.18. The van der Waals surface area contributed by atoms with E-state index in [9.17, 15) is 9.90 Å². The van der Waals surface area contributed by atoms with Gasteiger partial charge in [-0.25, -0.2) is 15.0 Å². The molecule has 0 saturated carbocycles. The molecule has 3 aromatic heterocycles. The maximum absolute atomic E-state index is 12.1. The topological polar surface area (TPSA) is 159 Å². The number of imidazole rings is 1. The fraction of sp³-hybridized carbons (Fsp3) is 0.250. The molecule has 1 fully saturated rings. The molecule has 1 aliphatic heterocycles. The van der Waals surface area contributed by atoms with E-state index in [0.717, 1.165) is 22.4 Å². The summed E-state index contributed by atoms with van der Waals surface area (Å²) >= 11 is 0. The number of hydrogen-bond donors (Lipinski definition) is 5. The summed E-state index contributed by atoms with van der Waals surface area (Å²) in [5.41, 5.74) is 5.47. The Kier molecular flexibility index (Phi) is 8.48. The van der Waals surface area contributed by atoms with Gasteiger partial charge < -0.3 is 39.9 Å². The molecule has 226 valence electrons. The molecular weight excluding hydrogens is 562 g/mol. The maximum atomic E-state index is 12.1. The predicted molar refractivity (Wildman–Crippen MR) is 166 cm³/mol. The first-order valence-electron chi connectivity index (χ1n) is 14.3. The van der Waals surface area contributed by atoms with Crippen LogP contribution in [0.4, 0.5) is 17.3 Å². The third-order valence-corrected chi connectivity index (χ3v) is 7.40. The average molecular weight is 596 g/mol. The molecule has 1 amide bonds. The van der Waals surface area contributed by atoms with Gasteiger partial charge in [-0.3, -0.25) is 4.79 Å². The number of amides is 1. The largest absolute Gasteiger partial charge is 0.464 e. The van der Waals surface area contributed by atoms with Crippen molar-refractivity contribution >= 4 is 34.2 Å². The van der Waals surface area contributed by atoms with Crippen LogP contribution in [-0.2, 0) is 26.5 Å². The van der Waals surface area contributed by atoms with Gasteiger partial charge in [0.2, 0.25) is 17.6 Å². The Bertz CT molecular complexity index is 1790. The van der Waals surface area contributed by atoms with Crippen LogP contribution >= 0.6 is 0 Å². The second kappa shape index (κ2) is 12.8. The minimum atomic E-state index is -1.07. The van der Waals surface area contributed by atoms with Gasteiger partial charge in [0.15, 0.2) is 0 Å². The summed E-state index contributed by atoms with van der Waals surface area (Å²) in [5, 5.41) is 19.8. The number of aliphatic hydroxyl groups is 1. The van der Waals surface area contributed by atoms with Crippen molar-refractivity contribution in [2.75, 3.05) is 44.0 Å². The van der Waals surface area contributed by atoms with Crippen LogP contribution in [0.25, 0.3) is 33.6 Å². The van der Waals surface area contributed by atoms with E-state index in [1.54, 1.807) is 37.8 Å². The van der Waals surface area contributed by atoms with E-state index < -0.39 is 5.79 Å². The first-order chi connectivity index (χ1) is 21.5. The molecule has 12 nitrogen and oxygen atoms in total. The standard InChI is InChI=1S/C32H33N7O5/c1-3-28(41)35-22-8-9-23(32(42-2)19-33-13-16-44-32)25(18-22)37-31-34-12-10-24(36-31)30-29(38-27(39-30)5-4-14-40)21-7-6-20-11-15-43-26(20)17-21/h3,6-12,15,17-18,33,40H,1,4-5,13-14,16,19H2,2H3,(H,35,41)(H,38,39)(H,34,36,37). The molecule has 4 heterocycles. The smallest absolute Gasteiger partial charge is 0.247 e. The summed E-state index contributed by atoms with van der Waals surface area (Å²) in [6, 6.07) is 15.0. The number of rotatable bonds is 11. The van der Waals surface area contributed by atoms with Crippen LogP contribution in [0.5, 0.6) is 0 Å². The van der Waals surface area contributed by atoms with E-state index >= 15 is 0 Å². The molecule has 44 heavy (non-hydrogen) atoms. The quantitative estimate of drug-likeness (QED) is 0.138. The van der Waals surface area contributed by atoms with Crippen molar-refractivity contribution in [3.8, 4) is 22.6 Å². The van der Waals surface area contributed by atoms with Gasteiger partial charge in [-0.2, -0.15) is 0 Å². The number of aliphatic hydroxyl groups excluding tert-OH is 1. The number of ether oxygens (including phenoxy) is 2. The van der Waals surface area contributed by atoms with Crippen LogP contribution in [0.3, 0.4) is 0 Å². The zero-order valence-corrected chi connectivity index (χ0v) is 24.2. The number of nitrogens with one attached hydrogen (secondary N) is 4. The number of carbonyl (C=O) groups is 1. The number of methoxy groups -OCH3 is 1. The maximum Gasteiger partial charge on any atom is 0.247 e. The third kappa shape index (κ3) is 5.96. The Labute approximate surface area is 253 Å². The molecule has 1 unspecified atom stereocenters. The molecule has 0 aliphatic carbocycles. The van der Waals surface area contributed by atoms with Crippen molar-refractivity contribution in [2.24, 2.45) is 0 Å². The second-order valence-corrected chi connectivity index (χ2v) is 10.2. The van der Waals surface area contributed by atoms with E-state index in [1.165, 1.54) is 6.08 Å². The van der Waals surface area contributed by atoms with Crippen LogP contribution in [0.2, 0.25) is 0 Å². The van der Waals surface area contributed by atoms with Crippen molar-refractivity contribution in [1.82, 2.24) is 25.3 Å². The minimum Gasteiger partial charge on any atom is -0.464 e. The van der Waals surface area contributed by atoms with E-state index in [2.05, 4.69) is 32.5 Å². The summed E-state index contributed by atoms with van der Waals surface area (Å²) in [6.07, 6.45) is 5.66. The highest BCUT2D eigenvalue weighted by Crippen LogP contribution is 2.37. The molecule has 5 aromatic rings. The monoisotopic (exact) mass is 595 g/mol. The van der Waals surface area contributed by atoms with Crippen LogP contribution in [0.15, 0.2) is 78.1 Å². The Hall–Kier alpha value is -4.88. The molecule has 1 saturated heterocycles. The Morgan fingerprint density at radius 3 is 2.91 bits per heavy atom. The molecule has 5 N–H and O–H groups in total. The number of aromatic nitrogens is 4. The van der Waals surface area contributed by atoms with E-state index in [-0.39, 0.29) is 12.5 Å². The van der Waals surface area contributed by atoms with Gasteiger partial charge >= 0.3 is 0 Å². The van der Waals surface area contributed by atoms with Crippen LogP contribution < -0.4 is 16.0 Å². The summed E-state index contributed by atoms with van der Waals surface area (Å²) in [4.78, 5) is 29.7. The van der Waals surface area contributed by atoms with Gasteiger partial charge in [-0.1, -0.05) is 18.7 Å². The molecule has 0 radical (unpaired) electrons. The average Bonchev–Trinajstić information content (AvgIpc) is 3.71. The fourth-order valence-corrected chi connectivity index (χ4v) is 5.22. The van der Waals surface area contributed by atoms with E-state index in [1.807, 2.05) is 30.3 Å². The lowest BCUT2D eigenvalue weighted by Crippen LogP contribution is -2.49. The number of benzene rings is 2. The Morgan fingerprint density at radius 1 is 1.20 bits per heavy atom. The molecule has 1 atom stereocenters. The predicted octanol–water partition coefficient (Wildman–Crippen LogP) is 4.49. The highest BCUT2D eigenvalue weighted by Gasteiger charge is 2.38. The number of anilines is 3. The highest BCUT2D eigenvalue weighted by atomic mass is 16.7. The zero-order valence-electron chi connectivity index (χ0n) is 24.2. The van der Waals surface area contributed by atoms with Gasteiger partial charge in [0.25, 0.3) is 0 Å². The van der Waals surface area contributed by atoms with Crippen molar-refractivity contribution in [2.45, 2.75) is 18.6 Å². The van der Waals surface area contributed by atoms with Crippen molar-refractivity contribution in [1.29, 1.82) is 0 Å². The summed E-state index contributed by atoms with van der Waals surface area (Å²) < 4.78 is 17.7. The molecular formula is C32H33N7O5. The van der Waals surface area contributed by atoms with Gasteiger partial charge in [0.1, 0.15) is 11.4 Å². The normalized spacial score (nSPS) is 16.6. The van der Waals surface area contributed by atoms with Crippen LogP contribution in [-0.4, -0.2) is 64.4 Å². The van der Waals surface area contributed by atoms with Crippen molar-refractivity contribution in [3.63, 3.8) is 0 Å². The molecule has 12 heteroatoms. The molecule has 1 aliphatic rings. The molecule has 0 spiro atoms. The lowest BCUT2D eigenvalue weighted by molar-refractivity contribution is -0.240. The van der Waals surface area contributed by atoms with Crippen LogP contribution in [0.1, 0.15) is 17.8 Å². The van der Waals surface area contributed by atoms with E-state index in [0.29, 0.717) is 72.5 Å². The van der Waals surface area contributed by atoms with Crippen molar-refractivity contribution in [3.05, 3.63) is 85.0 Å². The van der Waals surface area contributed by atoms with Crippen LogP contribution in [0, 0.1) is 0 Å². The third-order valence-electron chi connectivity index (χ3n) is 7.40. The molecule has 0 bridgehead atoms. The number of nitrogens with zero attached hydrogens (tertiary/aromatic N) is 3. The summed E-state index contributed by atoms with van der Waals surface area (Å²) in [7, 11) is 1.59. The minimum absolute atomic E-state index is 0.0577. The number of aryl methyl sites for hydroxylation is 1. The number of fused-ring (bicyclic) bond motifs is 1. The fourth-order valence-electron chi connectivity index (χ4n) is 5.22. The van der Waals surface area contributed by atoms with Crippen molar-refractivity contribution < 1.29 is 23.8 Å². The Balaban J connectivity index is 1.40. The first-order valence-corrected chi connectivity index (χ1v) is 14.3. The SMILES string of the molecule is C=CC(=O)Nc1ccc(C2(OC)CNCCO2)c(Nc2nccc(-c3[nH]c(CCCO)nc3-c3ccc4ccoc4c3)n2)c1. The lowest BCUT2D eigenvalue weighted by atomic mass is 10.0. The molecule has 2 aromatic carbocycles. The van der Waals surface area contributed by atoms with Gasteiger partial charge in [0.05, 0.1) is 42.2 Å². The second-order valence-electron chi connectivity index (χ2n) is 10.2. The van der Waals surface area contributed by atoms with E-state index in [4.69, 9.17) is 23.9 Å². The number of hydrogen-bond acceptors (Lipinski definition) is 10. The number of carbonyl (C=O) groups excluding carboxylic acids is 1. The number of aromatic amines is 1. The van der Waals surface area contributed by atoms with Gasteiger partial charge in [0, 0.05) is 55.1 Å². The van der Waals surface area contributed by atoms with Gasteiger partial charge in [-0.15, -0.1) is 0 Å².